The Bertz CT molecular complexity index is 3110. The third-order valence-corrected chi connectivity index (χ3v) is 12.6. The van der Waals surface area contributed by atoms with Crippen molar-refractivity contribution in [2.75, 3.05) is 0 Å². The SMILES string of the molecule is C(=C/c1cccc2cccc(/C=C\c3ccc(/C=C(/c4ccccc4)c4ccc(Cc5ccccc5)cc4)cc3)c12)/c1ccc(/C=C(/c2ccccc2)c2ccc(Cc3ccccc3)cc2)cc1. The predicted molar refractivity (Wildman–Crippen MR) is 293 cm³/mol. The second kappa shape index (κ2) is 21.2. The van der Waals surface area contributed by atoms with Gasteiger partial charge in [-0.05, 0) is 125 Å². The van der Waals surface area contributed by atoms with Crippen molar-refractivity contribution in [3.8, 4) is 0 Å². The number of fused-ring (bicyclic) bond motifs is 1. The first-order chi connectivity index (χ1) is 33.7. The minimum atomic E-state index is 0.925. The zero-order chi connectivity index (χ0) is 45.7. The fourth-order valence-corrected chi connectivity index (χ4v) is 8.96. The summed E-state index contributed by atoms with van der Waals surface area (Å²) >= 11 is 0. The van der Waals surface area contributed by atoms with Crippen molar-refractivity contribution in [1.29, 1.82) is 0 Å². The Morgan fingerprint density at radius 3 is 0.956 bits per heavy atom. The van der Waals surface area contributed by atoms with Crippen LogP contribution >= 0.6 is 0 Å². The third-order valence-electron chi connectivity index (χ3n) is 12.6. The average molecular weight is 869 g/mol. The highest BCUT2D eigenvalue weighted by Gasteiger charge is 2.09. The van der Waals surface area contributed by atoms with Crippen molar-refractivity contribution in [2.45, 2.75) is 12.8 Å². The smallest absolute Gasteiger partial charge is 0.00258 e. The van der Waals surface area contributed by atoms with Crippen LogP contribution in [0.2, 0.25) is 0 Å². The molecule has 0 N–H and O–H groups in total. The average Bonchev–Trinajstić information content (AvgIpc) is 3.40. The van der Waals surface area contributed by atoms with Gasteiger partial charge in [0, 0.05) is 0 Å². The fraction of sp³-hybridized carbons (Fsp3) is 0.0294. The number of benzene rings is 10. The Kier molecular flexibility index (Phi) is 13.5. The van der Waals surface area contributed by atoms with Crippen LogP contribution in [0, 0.1) is 0 Å². The molecule has 68 heavy (non-hydrogen) atoms. The minimum Gasteiger partial charge on any atom is -0.0622 e. The molecule has 0 fully saturated rings. The van der Waals surface area contributed by atoms with Crippen molar-refractivity contribution in [2.24, 2.45) is 0 Å². The molecule has 324 valence electrons. The van der Waals surface area contributed by atoms with Crippen LogP contribution in [0.25, 0.3) is 58.4 Å². The van der Waals surface area contributed by atoms with Crippen LogP contribution in [0.1, 0.15) is 77.9 Å². The highest BCUT2D eigenvalue weighted by molar-refractivity contribution is 6.00. The van der Waals surface area contributed by atoms with E-state index in [9.17, 15) is 0 Å². The van der Waals surface area contributed by atoms with E-state index in [1.165, 1.54) is 77.6 Å². The minimum absolute atomic E-state index is 0.925. The molecule has 0 saturated carbocycles. The standard InChI is InChI=1S/C68H52/c1-5-15-53(16-6-1)47-55-37-41-61(42-38-55)66(59-19-9-3-10-20-59)49-57-31-27-51(28-32-57)35-45-64-25-13-23-63-24-14-26-65(68(63)64)46-36-52-29-33-58(34-30-52)50-67(60-21-11-4-12-22-60)62-43-39-56(40-44-62)48-54-17-7-2-8-18-54/h1-46,49-50H,47-48H2/b45-35-,46-36-,66-49-,67-50-. The lowest BCUT2D eigenvalue weighted by Gasteiger charge is -2.11. The molecule has 0 spiro atoms. The molecule has 0 heterocycles. The van der Waals surface area contributed by atoms with Gasteiger partial charge in [0.05, 0.1) is 0 Å². The summed E-state index contributed by atoms with van der Waals surface area (Å²) in [5.41, 5.74) is 19.5. The van der Waals surface area contributed by atoms with Crippen molar-refractivity contribution >= 4 is 58.4 Å². The summed E-state index contributed by atoms with van der Waals surface area (Å²) in [4.78, 5) is 0. The molecular weight excluding hydrogens is 817 g/mol. The van der Waals surface area contributed by atoms with Gasteiger partial charge in [0.1, 0.15) is 0 Å². The lowest BCUT2D eigenvalue weighted by Crippen LogP contribution is -1.91. The summed E-state index contributed by atoms with van der Waals surface area (Å²) in [5, 5.41) is 2.46. The molecular formula is C68H52. The summed E-state index contributed by atoms with van der Waals surface area (Å²) in [5.74, 6) is 0. The van der Waals surface area contributed by atoms with Crippen molar-refractivity contribution in [3.05, 3.63) is 333 Å². The van der Waals surface area contributed by atoms with Gasteiger partial charge in [0.15, 0.2) is 0 Å². The summed E-state index contributed by atoms with van der Waals surface area (Å²) in [6.45, 7) is 0. The van der Waals surface area contributed by atoms with Crippen molar-refractivity contribution < 1.29 is 0 Å². The van der Waals surface area contributed by atoms with Gasteiger partial charge in [-0.1, -0.05) is 279 Å². The maximum Gasteiger partial charge on any atom is -0.00258 e. The van der Waals surface area contributed by atoms with Gasteiger partial charge < -0.3 is 0 Å². The Balaban J connectivity index is 0.861. The Labute approximate surface area is 401 Å². The first-order valence-corrected chi connectivity index (χ1v) is 23.6. The summed E-state index contributed by atoms with van der Waals surface area (Å²) in [6, 6.07) is 91.6. The summed E-state index contributed by atoms with van der Waals surface area (Å²) in [7, 11) is 0. The Morgan fingerprint density at radius 1 is 0.250 bits per heavy atom. The third kappa shape index (κ3) is 10.9. The van der Waals surface area contributed by atoms with Crippen molar-refractivity contribution in [3.63, 3.8) is 0 Å². The van der Waals surface area contributed by atoms with Crippen LogP contribution < -0.4 is 0 Å². The van der Waals surface area contributed by atoms with Crippen LogP contribution in [0.4, 0.5) is 0 Å². The zero-order valence-electron chi connectivity index (χ0n) is 38.1. The van der Waals surface area contributed by atoms with Gasteiger partial charge in [-0.25, -0.2) is 0 Å². The topological polar surface area (TPSA) is 0 Å². The van der Waals surface area contributed by atoms with Crippen LogP contribution in [0.3, 0.4) is 0 Å². The van der Waals surface area contributed by atoms with Crippen LogP contribution in [0.5, 0.6) is 0 Å². The summed E-state index contributed by atoms with van der Waals surface area (Å²) in [6.07, 6.45) is 15.4. The van der Waals surface area contributed by atoms with Crippen molar-refractivity contribution in [1.82, 2.24) is 0 Å². The lowest BCUT2D eigenvalue weighted by atomic mass is 9.93. The van der Waals surface area contributed by atoms with Crippen LogP contribution in [-0.2, 0) is 12.8 Å². The molecule has 10 aromatic rings. The van der Waals surface area contributed by atoms with E-state index in [-0.39, 0.29) is 0 Å². The molecule has 0 amide bonds. The molecule has 0 atom stereocenters. The molecule has 0 aliphatic heterocycles. The predicted octanol–water partition coefficient (Wildman–Crippen LogP) is 17.5. The van der Waals surface area contributed by atoms with Gasteiger partial charge in [0.25, 0.3) is 0 Å². The number of rotatable bonds is 14. The van der Waals surface area contributed by atoms with E-state index >= 15 is 0 Å². The molecule has 10 rings (SSSR count). The van der Waals surface area contributed by atoms with Crippen LogP contribution in [0.15, 0.2) is 255 Å². The van der Waals surface area contributed by atoms with E-state index in [1.54, 1.807) is 0 Å². The molecule has 10 aromatic carbocycles. The number of hydrogen-bond acceptors (Lipinski definition) is 0. The van der Waals surface area contributed by atoms with E-state index in [4.69, 9.17) is 0 Å². The Hall–Kier alpha value is -8.58. The fourth-order valence-electron chi connectivity index (χ4n) is 8.96. The van der Waals surface area contributed by atoms with Gasteiger partial charge >= 0.3 is 0 Å². The molecule has 0 saturated heterocycles. The maximum atomic E-state index is 2.30. The first kappa shape index (κ1) is 43.3. The Morgan fingerprint density at radius 2 is 0.574 bits per heavy atom. The van der Waals surface area contributed by atoms with E-state index in [1.807, 2.05) is 0 Å². The van der Waals surface area contributed by atoms with Gasteiger partial charge in [0.2, 0.25) is 0 Å². The lowest BCUT2D eigenvalue weighted by molar-refractivity contribution is 1.19. The molecule has 0 heteroatoms. The normalized spacial score (nSPS) is 12.0. The first-order valence-electron chi connectivity index (χ1n) is 23.6. The van der Waals surface area contributed by atoms with E-state index in [2.05, 4.69) is 291 Å². The highest BCUT2D eigenvalue weighted by atomic mass is 14.1. The van der Waals surface area contributed by atoms with Crippen LogP contribution in [-0.4, -0.2) is 0 Å². The maximum absolute atomic E-state index is 2.30. The van der Waals surface area contributed by atoms with E-state index < -0.39 is 0 Å². The molecule has 0 aromatic heterocycles. The second-order valence-corrected chi connectivity index (χ2v) is 17.4. The van der Waals surface area contributed by atoms with Gasteiger partial charge in [-0.2, -0.15) is 0 Å². The second-order valence-electron chi connectivity index (χ2n) is 17.4. The largest absolute Gasteiger partial charge is 0.0622 e. The zero-order valence-corrected chi connectivity index (χ0v) is 38.1. The quantitative estimate of drug-likeness (QED) is 0.0955. The molecule has 0 aliphatic carbocycles. The van der Waals surface area contributed by atoms with E-state index in [0.29, 0.717) is 0 Å². The highest BCUT2D eigenvalue weighted by Crippen LogP contribution is 2.31. The van der Waals surface area contributed by atoms with Gasteiger partial charge in [-0.3, -0.25) is 0 Å². The molecule has 0 unspecified atom stereocenters. The molecule has 0 bridgehead atoms. The molecule has 0 aliphatic rings. The summed E-state index contributed by atoms with van der Waals surface area (Å²) < 4.78 is 0. The molecule has 0 radical (unpaired) electrons. The monoisotopic (exact) mass is 868 g/mol. The van der Waals surface area contributed by atoms with Gasteiger partial charge in [-0.15, -0.1) is 0 Å². The number of hydrogen-bond donors (Lipinski definition) is 0. The van der Waals surface area contributed by atoms with E-state index in [0.717, 1.165) is 35.1 Å². The molecule has 0 nitrogen and oxygen atoms in total.